The van der Waals surface area contributed by atoms with Gasteiger partial charge in [0.15, 0.2) is 12.2 Å². The largest absolute Gasteiger partial charge is 0.497 e. The first-order valence-corrected chi connectivity index (χ1v) is 10.9. The number of esters is 4. The monoisotopic (exact) mass is 507 g/mol. The van der Waals surface area contributed by atoms with Crippen molar-refractivity contribution in [2.45, 2.75) is 58.3 Å². The van der Waals surface area contributed by atoms with Gasteiger partial charge in [0.25, 0.3) is 0 Å². The van der Waals surface area contributed by atoms with E-state index in [1.165, 1.54) is 19.3 Å². The van der Waals surface area contributed by atoms with Crippen molar-refractivity contribution >= 4 is 35.9 Å². The van der Waals surface area contributed by atoms with Gasteiger partial charge >= 0.3 is 23.9 Å². The van der Waals surface area contributed by atoms with Crippen molar-refractivity contribution in [2.75, 3.05) is 13.7 Å². The molecule has 5 atom stereocenters. The maximum Gasteiger partial charge on any atom is 0.305 e. The Hall–Kier alpha value is -3.93. The molecule has 12 heteroatoms. The van der Waals surface area contributed by atoms with E-state index in [4.69, 9.17) is 28.4 Å². The second-order valence-corrected chi connectivity index (χ2v) is 7.74. The van der Waals surface area contributed by atoms with Crippen molar-refractivity contribution in [2.24, 2.45) is 0 Å². The maximum absolute atomic E-state index is 12.8. The number of hydrogen-bond donors (Lipinski definition) is 1. The maximum atomic E-state index is 12.8. The second kappa shape index (κ2) is 13.2. The van der Waals surface area contributed by atoms with Gasteiger partial charge in [-0.15, -0.1) is 0 Å². The smallest absolute Gasteiger partial charge is 0.305 e. The Morgan fingerprint density at radius 2 is 1.44 bits per heavy atom. The van der Waals surface area contributed by atoms with Crippen LogP contribution in [0.4, 0.5) is 0 Å². The number of hydrogen-bond acceptors (Lipinski definition) is 11. The van der Waals surface area contributed by atoms with Crippen LogP contribution in [0.5, 0.6) is 5.75 Å². The van der Waals surface area contributed by atoms with Gasteiger partial charge in [0, 0.05) is 33.8 Å². The van der Waals surface area contributed by atoms with E-state index in [0.29, 0.717) is 11.3 Å². The van der Waals surface area contributed by atoms with Crippen molar-refractivity contribution < 1.29 is 52.4 Å². The lowest BCUT2D eigenvalue weighted by Gasteiger charge is -2.44. The molecule has 12 nitrogen and oxygen atoms in total. The van der Waals surface area contributed by atoms with Crippen LogP contribution >= 0.6 is 0 Å². The zero-order chi connectivity index (χ0) is 26.8. The first-order chi connectivity index (χ1) is 17.0. The number of ether oxygens (including phenoxy) is 6. The fourth-order valence-electron chi connectivity index (χ4n) is 3.42. The molecule has 0 unspecified atom stereocenters. The summed E-state index contributed by atoms with van der Waals surface area (Å²) >= 11 is 0. The predicted molar refractivity (Wildman–Crippen MR) is 122 cm³/mol. The fourth-order valence-corrected chi connectivity index (χ4v) is 3.42. The minimum absolute atomic E-state index is 0.402. The molecule has 0 spiro atoms. The lowest BCUT2D eigenvalue weighted by Crippen LogP contribution is -2.66. The molecule has 0 saturated carbocycles. The normalized spacial score (nSPS) is 23.3. The molecule has 1 aromatic rings. The topological polar surface area (TPSA) is 153 Å². The van der Waals surface area contributed by atoms with Crippen molar-refractivity contribution in [1.82, 2.24) is 5.32 Å². The summed E-state index contributed by atoms with van der Waals surface area (Å²) in [6.07, 6.45) is -2.54. The van der Waals surface area contributed by atoms with Gasteiger partial charge in [-0.25, -0.2) is 0 Å². The summed E-state index contributed by atoms with van der Waals surface area (Å²) in [5.74, 6) is -2.92. The van der Waals surface area contributed by atoms with Gasteiger partial charge in [-0.3, -0.25) is 24.0 Å². The lowest BCUT2D eigenvalue weighted by molar-refractivity contribution is -0.270. The van der Waals surface area contributed by atoms with Gasteiger partial charge in [-0.05, 0) is 23.8 Å². The number of benzene rings is 1. The second-order valence-electron chi connectivity index (χ2n) is 7.74. The molecule has 1 aliphatic rings. The third kappa shape index (κ3) is 8.69. The number of amides is 1. The molecule has 196 valence electrons. The molecule has 1 heterocycles. The minimum Gasteiger partial charge on any atom is -0.497 e. The average Bonchev–Trinajstić information content (AvgIpc) is 2.79. The molecule has 0 aromatic heterocycles. The van der Waals surface area contributed by atoms with Crippen molar-refractivity contribution in [3.05, 3.63) is 35.9 Å². The molecule has 0 aliphatic carbocycles. The quantitative estimate of drug-likeness (QED) is 0.288. The highest BCUT2D eigenvalue weighted by molar-refractivity contribution is 5.92. The van der Waals surface area contributed by atoms with E-state index >= 15 is 0 Å². The number of rotatable bonds is 9. The molecule has 1 amide bonds. The summed E-state index contributed by atoms with van der Waals surface area (Å²) in [5.41, 5.74) is 0.693. The Kier molecular flexibility index (Phi) is 10.4. The standard InChI is InChI=1S/C24H29NO11/c1-13(26)32-12-19-22(33-14(2)27)23(34-15(3)28)21(24(36-19)35-16(4)29)25-20(30)11-8-17-6-9-18(31-5)10-7-17/h6-11,19,21-24H,12H2,1-5H3,(H,25,30)/b11-8+/t19-,21-,22+,23-,24-/m1/s1. The highest BCUT2D eigenvalue weighted by atomic mass is 16.7. The molecular weight excluding hydrogens is 478 g/mol. The van der Waals surface area contributed by atoms with Crippen molar-refractivity contribution in [1.29, 1.82) is 0 Å². The van der Waals surface area contributed by atoms with Crippen molar-refractivity contribution in [3.63, 3.8) is 0 Å². The fraction of sp³-hybridized carbons (Fsp3) is 0.458. The van der Waals surface area contributed by atoms with Gasteiger partial charge in [-0.2, -0.15) is 0 Å². The third-order valence-electron chi connectivity index (χ3n) is 4.84. The van der Waals surface area contributed by atoms with E-state index in [9.17, 15) is 24.0 Å². The van der Waals surface area contributed by atoms with Crippen LogP contribution in [0.1, 0.15) is 33.3 Å². The third-order valence-corrected chi connectivity index (χ3v) is 4.84. The Balaban J connectivity index is 2.35. The first kappa shape index (κ1) is 28.3. The van der Waals surface area contributed by atoms with Crippen LogP contribution in [-0.4, -0.2) is 74.1 Å². The molecule has 2 rings (SSSR count). The van der Waals surface area contributed by atoms with Crippen LogP contribution < -0.4 is 10.1 Å². The number of carbonyl (C=O) groups is 5. The summed E-state index contributed by atoms with van der Waals surface area (Å²) in [4.78, 5) is 59.6. The Bertz CT molecular complexity index is 988. The lowest BCUT2D eigenvalue weighted by atomic mass is 9.96. The van der Waals surface area contributed by atoms with E-state index in [2.05, 4.69) is 5.32 Å². The Morgan fingerprint density at radius 3 is 1.97 bits per heavy atom. The number of methoxy groups -OCH3 is 1. The van der Waals surface area contributed by atoms with E-state index < -0.39 is 67.0 Å². The van der Waals surface area contributed by atoms with Gasteiger partial charge in [-0.1, -0.05) is 12.1 Å². The van der Waals surface area contributed by atoms with Crippen LogP contribution in [0.3, 0.4) is 0 Å². The molecule has 1 N–H and O–H groups in total. The average molecular weight is 507 g/mol. The summed E-state index contributed by atoms with van der Waals surface area (Å²) in [5, 5.41) is 2.58. The van der Waals surface area contributed by atoms with Crippen LogP contribution in [-0.2, 0) is 47.7 Å². The molecule has 1 aromatic carbocycles. The summed E-state index contributed by atoms with van der Waals surface area (Å²) < 4.78 is 31.7. The SMILES string of the molecule is COc1ccc(/C=C/C(=O)N[C@H]2[C@H](OC(C)=O)O[C@H](COC(C)=O)[C@H](OC(C)=O)[C@@H]2OC(C)=O)cc1. The summed E-state index contributed by atoms with van der Waals surface area (Å²) in [6, 6.07) is 5.61. The highest BCUT2D eigenvalue weighted by Crippen LogP contribution is 2.28. The van der Waals surface area contributed by atoms with Gasteiger partial charge < -0.3 is 33.7 Å². The molecular formula is C24H29NO11. The minimum atomic E-state index is -1.46. The summed E-state index contributed by atoms with van der Waals surface area (Å²) in [6.45, 7) is 4.11. The zero-order valence-electron chi connectivity index (χ0n) is 20.5. The summed E-state index contributed by atoms with van der Waals surface area (Å²) in [7, 11) is 1.53. The van der Waals surface area contributed by atoms with Gasteiger partial charge in [0.05, 0.1) is 7.11 Å². The predicted octanol–water partition coefficient (Wildman–Crippen LogP) is 0.908. The van der Waals surface area contributed by atoms with Gasteiger partial charge in [0.1, 0.15) is 24.5 Å². The molecule has 0 radical (unpaired) electrons. The van der Waals surface area contributed by atoms with Crippen LogP contribution in [0.25, 0.3) is 6.08 Å². The van der Waals surface area contributed by atoms with E-state index in [0.717, 1.165) is 27.7 Å². The Labute approximate surface area is 207 Å². The van der Waals surface area contributed by atoms with Crippen LogP contribution in [0.2, 0.25) is 0 Å². The zero-order valence-corrected chi connectivity index (χ0v) is 20.5. The van der Waals surface area contributed by atoms with Gasteiger partial charge in [0.2, 0.25) is 12.2 Å². The van der Waals surface area contributed by atoms with E-state index in [1.807, 2.05) is 0 Å². The van der Waals surface area contributed by atoms with E-state index in [-0.39, 0.29) is 0 Å². The molecule has 1 saturated heterocycles. The van der Waals surface area contributed by atoms with Crippen LogP contribution in [0, 0.1) is 0 Å². The molecule has 1 fully saturated rings. The number of nitrogens with one attached hydrogen (secondary N) is 1. The Morgan fingerprint density at radius 1 is 0.861 bits per heavy atom. The van der Waals surface area contributed by atoms with Crippen molar-refractivity contribution in [3.8, 4) is 5.75 Å². The first-order valence-electron chi connectivity index (χ1n) is 10.9. The van der Waals surface area contributed by atoms with E-state index in [1.54, 1.807) is 24.3 Å². The van der Waals surface area contributed by atoms with Crippen LogP contribution in [0.15, 0.2) is 30.3 Å². The molecule has 1 aliphatic heterocycles. The molecule has 0 bridgehead atoms. The highest BCUT2D eigenvalue weighted by Gasteiger charge is 2.52. The molecule has 36 heavy (non-hydrogen) atoms. The number of carbonyl (C=O) groups excluding carboxylic acids is 5.